The molecule has 2 aromatic rings. The second-order valence-electron chi connectivity index (χ2n) is 5.34. The molecule has 0 aliphatic heterocycles. The smallest absolute Gasteiger partial charge is 0.422 e. The molecule has 2 aromatic carbocycles. The molecule has 10 heteroatoms. The fourth-order valence-corrected chi connectivity index (χ4v) is 3.25. The van der Waals surface area contributed by atoms with Crippen molar-refractivity contribution >= 4 is 10.0 Å². The lowest BCUT2D eigenvalue weighted by Gasteiger charge is -2.31. The van der Waals surface area contributed by atoms with Crippen molar-refractivity contribution in [3.8, 4) is 5.75 Å². The van der Waals surface area contributed by atoms with E-state index in [-0.39, 0.29) is 5.75 Å². The number of rotatable bonds is 6. The van der Waals surface area contributed by atoms with Crippen LogP contribution in [-0.4, -0.2) is 33.4 Å². The fourth-order valence-electron chi connectivity index (χ4n) is 2.18. The van der Waals surface area contributed by atoms with Gasteiger partial charge in [0.1, 0.15) is 0 Å². The van der Waals surface area contributed by atoms with Crippen molar-refractivity contribution in [2.24, 2.45) is 0 Å². The standard InChI is InChI=1S/C16H15F4NO4S/c1-25-14-8-7-12(9-13(14)17)26(23,24)21-10-15(22,16(18,19)20)11-5-3-2-4-6-11/h2-9,21-22H,10H2,1H3. The molecule has 0 aliphatic rings. The molecule has 26 heavy (non-hydrogen) atoms. The monoisotopic (exact) mass is 393 g/mol. The second-order valence-corrected chi connectivity index (χ2v) is 7.11. The maximum absolute atomic E-state index is 13.7. The first-order valence-corrected chi connectivity index (χ1v) is 8.67. The molecule has 5 nitrogen and oxygen atoms in total. The van der Waals surface area contributed by atoms with Gasteiger partial charge in [-0.1, -0.05) is 30.3 Å². The summed E-state index contributed by atoms with van der Waals surface area (Å²) in [6, 6.07) is 8.65. The minimum Gasteiger partial charge on any atom is -0.494 e. The van der Waals surface area contributed by atoms with Crippen molar-refractivity contribution in [1.82, 2.24) is 4.72 Å². The molecule has 0 radical (unpaired) electrons. The first-order valence-electron chi connectivity index (χ1n) is 7.19. The number of halogens is 4. The van der Waals surface area contributed by atoms with Crippen LogP contribution in [0.5, 0.6) is 5.75 Å². The molecule has 1 unspecified atom stereocenters. The first-order chi connectivity index (χ1) is 12.0. The predicted molar refractivity (Wildman–Crippen MR) is 84.5 cm³/mol. The van der Waals surface area contributed by atoms with Crippen molar-refractivity contribution < 1.29 is 35.8 Å². The summed E-state index contributed by atoms with van der Waals surface area (Å²) in [5.41, 5.74) is -3.98. The van der Waals surface area contributed by atoms with E-state index in [4.69, 9.17) is 0 Å². The van der Waals surface area contributed by atoms with Crippen molar-refractivity contribution in [2.45, 2.75) is 16.7 Å². The van der Waals surface area contributed by atoms with E-state index in [1.807, 2.05) is 0 Å². The van der Waals surface area contributed by atoms with E-state index >= 15 is 0 Å². The number of methoxy groups -OCH3 is 1. The molecule has 0 amide bonds. The van der Waals surface area contributed by atoms with Gasteiger partial charge in [0, 0.05) is 0 Å². The molecule has 0 bridgehead atoms. The Bertz CT molecular complexity index is 872. The van der Waals surface area contributed by atoms with Crippen LogP contribution in [-0.2, 0) is 15.6 Å². The molecule has 1 atom stereocenters. The summed E-state index contributed by atoms with van der Waals surface area (Å²) in [5, 5.41) is 10.1. The van der Waals surface area contributed by atoms with Crippen LogP contribution >= 0.6 is 0 Å². The minimum atomic E-state index is -5.15. The van der Waals surface area contributed by atoms with Crippen LogP contribution in [0.15, 0.2) is 53.4 Å². The highest BCUT2D eigenvalue weighted by Crippen LogP contribution is 2.38. The van der Waals surface area contributed by atoms with E-state index in [9.17, 15) is 31.1 Å². The fraction of sp³-hybridized carbons (Fsp3) is 0.250. The van der Waals surface area contributed by atoms with Crippen molar-refractivity contribution in [1.29, 1.82) is 0 Å². The second kappa shape index (κ2) is 7.22. The molecule has 0 heterocycles. The quantitative estimate of drug-likeness (QED) is 0.740. The Morgan fingerprint density at radius 1 is 1.12 bits per heavy atom. The molecule has 0 fully saturated rings. The van der Waals surface area contributed by atoms with Gasteiger partial charge in [-0.25, -0.2) is 17.5 Å². The minimum absolute atomic E-state index is 0.222. The average Bonchev–Trinajstić information content (AvgIpc) is 2.59. The van der Waals surface area contributed by atoms with Crippen LogP contribution in [0.4, 0.5) is 17.6 Å². The maximum atomic E-state index is 13.7. The number of sulfonamides is 1. The Kier molecular flexibility index (Phi) is 5.59. The predicted octanol–water partition coefficient (Wildman–Crippen LogP) is 2.56. The van der Waals surface area contributed by atoms with Crippen molar-refractivity contribution in [3.63, 3.8) is 0 Å². The molecule has 2 N–H and O–H groups in total. The number of hydrogen-bond acceptors (Lipinski definition) is 4. The summed E-state index contributed by atoms with van der Waals surface area (Å²) >= 11 is 0. The Morgan fingerprint density at radius 3 is 2.23 bits per heavy atom. The first kappa shape index (κ1) is 20.1. The van der Waals surface area contributed by atoms with Crippen LogP contribution in [0.3, 0.4) is 0 Å². The van der Waals surface area contributed by atoms with E-state index in [0.717, 1.165) is 24.3 Å². The van der Waals surface area contributed by atoms with Gasteiger partial charge in [0.2, 0.25) is 10.0 Å². The largest absolute Gasteiger partial charge is 0.494 e. The number of alkyl halides is 3. The molecule has 0 spiro atoms. The molecule has 0 saturated carbocycles. The Balaban J connectivity index is 2.32. The lowest BCUT2D eigenvalue weighted by Crippen LogP contribution is -2.51. The zero-order valence-electron chi connectivity index (χ0n) is 13.4. The van der Waals surface area contributed by atoms with Gasteiger partial charge in [-0.05, 0) is 23.8 Å². The van der Waals surface area contributed by atoms with Crippen LogP contribution < -0.4 is 9.46 Å². The van der Waals surface area contributed by atoms with Gasteiger partial charge in [-0.15, -0.1) is 0 Å². The molecule has 2 rings (SSSR count). The van der Waals surface area contributed by atoms with Crippen LogP contribution in [0.1, 0.15) is 5.56 Å². The summed E-state index contributed by atoms with van der Waals surface area (Å²) in [6.45, 7) is -1.38. The number of ether oxygens (including phenoxy) is 1. The third-order valence-electron chi connectivity index (χ3n) is 3.67. The van der Waals surface area contributed by atoms with Gasteiger partial charge in [-0.2, -0.15) is 13.2 Å². The summed E-state index contributed by atoms with van der Waals surface area (Å²) in [7, 11) is -3.34. The van der Waals surface area contributed by atoms with Gasteiger partial charge < -0.3 is 9.84 Å². The van der Waals surface area contributed by atoms with Crippen molar-refractivity contribution in [2.75, 3.05) is 13.7 Å². The number of hydrogen-bond donors (Lipinski definition) is 2. The molecule has 0 aliphatic carbocycles. The van der Waals surface area contributed by atoms with Gasteiger partial charge in [0.15, 0.2) is 17.2 Å². The van der Waals surface area contributed by atoms with E-state index in [0.29, 0.717) is 6.07 Å². The summed E-state index contributed by atoms with van der Waals surface area (Å²) in [4.78, 5) is -0.603. The Morgan fingerprint density at radius 2 is 1.73 bits per heavy atom. The average molecular weight is 393 g/mol. The molecule has 142 valence electrons. The molecule has 0 aromatic heterocycles. The molecular formula is C16H15F4NO4S. The van der Waals surface area contributed by atoms with Gasteiger partial charge in [0.05, 0.1) is 18.6 Å². The highest BCUT2D eigenvalue weighted by Gasteiger charge is 2.55. The highest BCUT2D eigenvalue weighted by atomic mass is 32.2. The maximum Gasteiger partial charge on any atom is 0.422 e. The van der Waals surface area contributed by atoms with Gasteiger partial charge in [-0.3, -0.25) is 0 Å². The van der Waals surface area contributed by atoms with Crippen LogP contribution in [0, 0.1) is 5.82 Å². The zero-order chi connectivity index (χ0) is 19.6. The van der Waals surface area contributed by atoms with Gasteiger partial charge >= 0.3 is 6.18 Å². The summed E-state index contributed by atoms with van der Waals surface area (Å²) in [6.07, 6.45) is -5.15. The summed E-state index contributed by atoms with van der Waals surface area (Å²) in [5.74, 6) is -1.22. The highest BCUT2D eigenvalue weighted by molar-refractivity contribution is 7.89. The normalized spacial score (nSPS) is 14.7. The third-order valence-corrected chi connectivity index (χ3v) is 5.07. The van der Waals surface area contributed by atoms with Crippen LogP contribution in [0.25, 0.3) is 0 Å². The lowest BCUT2D eigenvalue weighted by molar-refractivity contribution is -0.263. The Hall–Kier alpha value is -2.17. The van der Waals surface area contributed by atoms with Gasteiger partial charge in [0.25, 0.3) is 0 Å². The van der Waals surface area contributed by atoms with E-state index in [1.54, 1.807) is 4.72 Å². The van der Waals surface area contributed by atoms with E-state index in [2.05, 4.69) is 4.74 Å². The summed E-state index contributed by atoms with van der Waals surface area (Å²) < 4.78 is 84.5. The number of aliphatic hydroxyl groups is 1. The number of nitrogens with one attached hydrogen (secondary N) is 1. The lowest BCUT2D eigenvalue weighted by atomic mass is 9.93. The van der Waals surface area contributed by atoms with E-state index < -0.39 is 44.6 Å². The third kappa shape index (κ3) is 3.97. The van der Waals surface area contributed by atoms with Crippen LogP contribution in [0.2, 0.25) is 0 Å². The SMILES string of the molecule is COc1ccc(S(=O)(=O)NCC(O)(c2ccccc2)C(F)(F)F)cc1F. The van der Waals surface area contributed by atoms with E-state index in [1.165, 1.54) is 25.3 Å². The van der Waals surface area contributed by atoms with Crippen molar-refractivity contribution in [3.05, 3.63) is 59.9 Å². The topological polar surface area (TPSA) is 75.6 Å². The zero-order valence-corrected chi connectivity index (χ0v) is 14.2. The number of benzene rings is 2. The Labute approximate surface area is 147 Å². The molecular weight excluding hydrogens is 378 g/mol. The molecule has 0 saturated heterocycles.